The Labute approximate surface area is 215 Å². The topological polar surface area (TPSA) is 59.9 Å². The molecule has 0 bridgehead atoms. The van der Waals surface area contributed by atoms with E-state index < -0.39 is 0 Å². The fourth-order valence-corrected chi connectivity index (χ4v) is 4.66. The van der Waals surface area contributed by atoms with Gasteiger partial charge < -0.3 is 14.8 Å². The molecule has 0 unspecified atom stereocenters. The number of carbonyl (C=O) groups excluding carboxylic acids is 1. The first-order valence-electron chi connectivity index (χ1n) is 10.2. The Morgan fingerprint density at radius 1 is 1.06 bits per heavy atom. The first kappa shape index (κ1) is 23.7. The van der Waals surface area contributed by atoms with Gasteiger partial charge in [-0.25, -0.2) is 4.99 Å². The lowest BCUT2D eigenvalue weighted by Crippen LogP contribution is -2.19. The van der Waals surface area contributed by atoms with Gasteiger partial charge in [0, 0.05) is 5.02 Å². The second kappa shape index (κ2) is 11.1. The minimum Gasteiger partial charge on any atom is -0.494 e. The van der Waals surface area contributed by atoms with Crippen molar-refractivity contribution in [2.75, 3.05) is 6.61 Å². The average molecular weight is 591 g/mol. The molecular formula is C25H20ClIN2O3S. The molecule has 33 heavy (non-hydrogen) atoms. The predicted molar refractivity (Wildman–Crippen MR) is 143 cm³/mol. The maximum atomic E-state index is 12.4. The van der Waals surface area contributed by atoms with Gasteiger partial charge in [0.1, 0.15) is 18.1 Å². The van der Waals surface area contributed by atoms with E-state index in [1.54, 1.807) is 0 Å². The number of thioether (sulfide) groups is 1. The van der Waals surface area contributed by atoms with Crippen molar-refractivity contribution >= 4 is 68.8 Å². The number of aliphatic imine (C=N–C) groups is 1. The van der Waals surface area contributed by atoms with E-state index in [-0.39, 0.29) is 5.91 Å². The maximum Gasteiger partial charge on any atom is 0.264 e. The van der Waals surface area contributed by atoms with Crippen LogP contribution in [0.25, 0.3) is 6.08 Å². The van der Waals surface area contributed by atoms with Crippen molar-refractivity contribution in [2.45, 2.75) is 13.5 Å². The molecule has 168 valence electrons. The Kier molecular flexibility index (Phi) is 7.95. The minimum absolute atomic E-state index is 0.164. The number of benzene rings is 3. The van der Waals surface area contributed by atoms with Crippen LogP contribution >= 0.6 is 46.0 Å². The van der Waals surface area contributed by atoms with Crippen LogP contribution in [-0.2, 0) is 11.4 Å². The molecule has 1 aliphatic rings. The number of amidine groups is 1. The highest BCUT2D eigenvalue weighted by molar-refractivity contribution is 14.1. The lowest BCUT2D eigenvalue weighted by atomic mass is 10.2. The third-order valence-corrected chi connectivity index (χ3v) is 6.60. The molecule has 5 nitrogen and oxygen atoms in total. The molecule has 0 atom stereocenters. The fraction of sp³-hybridized carbons (Fsp3) is 0.120. The van der Waals surface area contributed by atoms with Crippen LogP contribution in [0.1, 0.15) is 18.1 Å². The molecule has 4 rings (SSSR count). The van der Waals surface area contributed by atoms with E-state index in [2.05, 4.69) is 32.9 Å². The molecule has 3 aromatic carbocycles. The van der Waals surface area contributed by atoms with Gasteiger partial charge in [-0.1, -0.05) is 29.8 Å². The number of nitrogens with one attached hydrogen (secondary N) is 1. The summed E-state index contributed by atoms with van der Waals surface area (Å²) in [7, 11) is 0. The second-order valence-corrected chi connectivity index (χ2v) is 9.64. The van der Waals surface area contributed by atoms with Crippen LogP contribution in [0.5, 0.6) is 11.5 Å². The monoisotopic (exact) mass is 590 g/mol. The van der Waals surface area contributed by atoms with Crippen molar-refractivity contribution in [3.8, 4) is 11.5 Å². The highest BCUT2D eigenvalue weighted by Crippen LogP contribution is 2.30. The highest BCUT2D eigenvalue weighted by Gasteiger charge is 2.24. The fourth-order valence-electron chi connectivity index (χ4n) is 3.00. The molecule has 0 radical (unpaired) electrons. The normalized spacial score (nSPS) is 15.7. The van der Waals surface area contributed by atoms with E-state index >= 15 is 0 Å². The van der Waals surface area contributed by atoms with E-state index in [1.807, 2.05) is 79.7 Å². The molecular weight excluding hydrogens is 571 g/mol. The molecule has 1 aliphatic heterocycles. The van der Waals surface area contributed by atoms with Gasteiger partial charge >= 0.3 is 0 Å². The van der Waals surface area contributed by atoms with Crippen molar-refractivity contribution < 1.29 is 14.3 Å². The zero-order valence-electron chi connectivity index (χ0n) is 17.7. The van der Waals surface area contributed by atoms with Crippen LogP contribution in [0.4, 0.5) is 5.69 Å². The number of rotatable bonds is 7. The zero-order chi connectivity index (χ0) is 23.2. The summed E-state index contributed by atoms with van der Waals surface area (Å²) in [6.45, 7) is 3.01. The summed E-state index contributed by atoms with van der Waals surface area (Å²) in [5.74, 6) is 1.41. The van der Waals surface area contributed by atoms with E-state index in [1.165, 1.54) is 11.8 Å². The molecule has 0 aromatic heterocycles. The number of hydrogen-bond acceptors (Lipinski definition) is 5. The van der Waals surface area contributed by atoms with Crippen LogP contribution < -0.4 is 14.8 Å². The van der Waals surface area contributed by atoms with Crippen LogP contribution in [0.2, 0.25) is 5.02 Å². The van der Waals surface area contributed by atoms with E-state index in [0.29, 0.717) is 28.3 Å². The lowest BCUT2D eigenvalue weighted by Gasteiger charge is -2.09. The molecule has 0 spiro atoms. The van der Waals surface area contributed by atoms with E-state index in [9.17, 15) is 4.79 Å². The number of ether oxygens (including phenoxy) is 2. The Hall–Kier alpha value is -2.49. The number of carbonyl (C=O) groups is 1. The van der Waals surface area contributed by atoms with Crippen LogP contribution in [-0.4, -0.2) is 17.7 Å². The molecule has 1 N–H and O–H groups in total. The van der Waals surface area contributed by atoms with Gasteiger partial charge in [0.05, 0.1) is 20.8 Å². The summed E-state index contributed by atoms with van der Waals surface area (Å²) in [6, 6.07) is 20.8. The Balaban J connectivity index is 1.42. The van der Waals surface area contributed by atoms with Crippen molar-refractivity contribution in [3.05, 3.63) is 91.4 Å². The first-order valence-corrected chi connectivity index (χ1v) is 12.5. The van der Waals surface area contributed by atoms with Gasteiger partial charge in [-0.3, -0.25) is 4.79 Å². The summed E-state index contributed by atoms with van der Waals surface area (Å²) < 4.78 is 12.3. The van der Waals surface area contributed by atoms with Crippen molar-refractivity contribution in [1.82, 2.24) is 5.32 Å². The van der Waals surface area contributed by atoms with E-state index in [0.717, 1.165) is 31.9 Å². The van der Waals surface area contributed by atoms with Crippen molar-refractivity contribution in [3.63, 3.8) is 0 Å². The van der Waals surface area contributed by atoms with Gasteiger partial charge in [-0.05, 0) is 107 Å². The standard InChI is InChI=1S/C25H20ClIN2O3S/c1-2-31-20-10-8-19(9-11-20)28-25-29-24(30)23(33-25)14-17-5-12-22(21(27)13-17)32-15-16-3-6-18(26)7-4-16/h3-14H,2,15H2,1H3,(H,28,29,30)/b23-14+. The summed E-state index contributed by atoms with van der Waals surface area (Å²) in [6.07, 6.45) is 1.85. The van der Waals surface area contributed by atoms with E-state index in [4.69, 9.17) is 21.1 Å². The quantitative estimate of drug-likeness (QED) is 0.243. The van der Waals surface area contributed by atoms with Crippen LogP contribution in [0.3, 0.4) is 0 Å². The van der Waals surface area contributed by atoms with Gasteiger partial charge in [0.15, 0.2) is 5.17 Å². The SMILES string of the molecule is CCOc1ccc(N=C2NC(=O)/C(=C\c3ccc(OCc4ccc(Cl)cc4)c(I)c3)S2)cc1. The number of hydrogen-bond donors (Lipinski definition) is 1. The number of halogens is 2. The molecule has 1 saturated heterocycles. The average Bonchev–Trinajstić information content (AvgIpc) is 3.14. The smallest absolute Gasteiger partial charge is 0.264 e. The van der Waals surface area contributed by atoms with Crippen molar-refractivity contribution in [1.29, 1.82) is 0 Å². The summed E-state index contributed by atoms with van der Waals surface area (Å²) in [5, 5.41) is 4.07. The van der Waals surface area contributed by atoms with Crippen molar-refractivity contribution in [2.24, 2.45) is 4.99 Å². The number of nitrogens with zero attached hydrogens (tertiary/aromatic N) is 1. The molecule has 1 amide bonds. The second-order valence-electron chi connectivity index (χ2n) is 7.01. The Morgan fingerprint density at radius 2 is 1.82 bits per heavy atom. The molecule has 8 heteroatoms. The third kappa shape index (κ3) is 6.52. The molecule has 0 saturated carbocycles. The largest absolute Gasteiger partial charge is 0.494 e. The summed E-state index contributed by atoms with van der Waals surface area (Å²) >= 11 is 9.48. The zero-order valence-corrected chi connectivity index (χ0v) is 21.4. The van der Waals surface area contributed by atoms with Gasteiger partial charge in [0.25, 0.3) is 5.91 Å². The Morgan fingerprint density at radius 3 is 2.52 bits per heavy atom. The summed E-state index contributed by atoms with van der Waals surface area (Å²) in [5.41, 5.74) is 2.71. The lowest BCUT2D eigenvalue weighted by molar-refractivity contribution is -0.115. The number of amides is 1. The molecule has 0 aliphatic carbocycles. The highest BCUT2D eigenvalue weighted by atomic mass is 127. The first-order chi connectivity index (χ1) is 16.0. The van der Waals surface area contributed by atoms with Gasteiger partial charge in [-0.2, -0.15) is 0 Å². The Bertz CT molecular complexity index is 1210. The summed E-state index contributed by atoms with van der Waals surface area (Å²) in [4.78, 5) is 17.5. The van der Waals surface area contributed by atoms with Crippen LogP contribution in [0, 0.1) is 3.57 Å². The predicted octanol–water partition coefficient (Wildman–Crippen LogP) is 6.81. The molecule has 1 heterocycles. The van der Waals surface area contributed by atoms with Gasteiger partial charge in [-0.15, -0.1) is 0 Å². The minimum atomic E-state index is -0.164. The third-order valence-electron chi connectivity index (χ3n) is 4.59. The molecule has 3 aromatic rings. The van der Waals surface area contributed by atoms with Gasteiger partial charge in [0.2, 0.25) is 0 Å². The van der Waals surface area contributed by atoms with Crippen LogP contribution in [0.15, 0.2) is 76.6 Å². The maximum absolute atomic E-state index is 12.4. The molecule has 1 fully saturated rings.